The molecule has 1 unspecified atom stereocenters. The number of halogens is 3. The van der Waals surface area contributed by atoms with Gasteiger partial charge in [-0.3, -0.25) is 0 Å². The van der Waals surface area contributed by atoms with Crippen LogP contribution in [0.1, 0.15) is 17.1 Å². The van der Waals surface area contributed by atoms with Crippen LogP contribution in [0, 0.1) is 6.92 Å². The van der Waals surface area contributed by atoms with E-state index in [1.807, 2.05) is 0 Å². The molecule has 0 saturated carbocycles. The topological polar surface area (TPSA) is 90.1 Å². The third-order valence-electron chi connectivity index (χ3n) is 2.81. The normalized spacial score (nSPS) is 15.5. The second kappa shape index (κ2) is 3.98. The lowest BCUT2D eigenvalue weighted by molar-refractivity contribution is -0.252. The first-order chi connectivity index (χ1) is 8.69. The summed E-state index contributed by atoms with van der Waals surface area (Å²) in [4.78, 5) is 3.56. The van der Waals surface area contributed by atoms with Gasteiger partial charge in [-0.1, -0.05) is 5.16 Å². The molecule has 19 heavy (non-hydrogen) atoms. The predicted molar refractivity (Wildman–Crippen MR) is 57.9 cm³/mol. The largest absolute Gasteiger partial charge is 0.429 e. The highest BCUT2D eigenvalue weighted by atomic mass is 19.4. The van der Waals surface area contributed by atoms with Crippen LogP contribution in [0.4, 0.5) is 19.1 Å². The average Bonchev–Trinajstić information content (AvgIpc) is 2.84. The summed E-state index contributed by atoms with van der Waals surface area (Å²) in [5, 5.41) is 13.6. The molecule has 0 aromatic carbocycles. The maximum atomic E-state index is 13.3. The molecule has 0 radical (unpaired) electrons. The Balaban J connectivity index is 2.78. The Kier molecular flexibility index (Phi) is 2.81. The van der Waals surface area contributed by atoms with E-state index < -0.39 is 29.0 Å². The lowest BCUT2D eigenvalue weighted by atomic mass is 9.91. The minimum atomic E-state index is -5.03. The van der Waals surface area contributed by atoms with E-state index in [-0.39, 0.29) is 5.69 Å². The number of hydrogen-bond acceptors (Lipinski definition) is 5. The summed E-state index contributed by atoms with van der Waals surface area (Å²) in [6, 6.07) is 0. The summed E-state index contributed by atoms with van der Waals surface area (Å²) in [6.07, 6.45) is -2.60. The zero-order valence-corrected chi connectivity index (χ0v) is 10.1. The standard InChI is InChI=1S/C10H11F3N4O2/c1-5-6(7(14)19-16-5)9(18,10(11,12)13)8-15-3-4-17(8)2/h3-4,18H,14H2,1-2H3. The number of anilines is 1. The Morgan fingerprint density at radius 3 is 2.42 bits per heavy atom. The molecule has 2 aromatic heterocycles. The van der Waals surface area contributed by atoms with Crippen LogP contribution in [-0.4, -0.2) is 26.0 Å². The lowest BCUT2D eigenvalue weighted by Crippen LogP contribution is -2.46. The Bertz CT molecular complexity index is 585. The summed E-state index contributed by atoms with van der Waals surface area (Å²) in [5.41, 5.74) is 1.18. The Morgan fingerprint density at radius 2 is 2.05 bits per heavy atom. The maximum absolute atomic E-state index is 13.3. The Morgan fingerprint density at radius 1 is 1.42 bits per heavy atom. The second-order valence-corrected chi connectivity index (χ2v) is 4.08. The van der Waals surface area contributed by atoms with Gasteiger partial charge in [-0.25, -0.2) is 4.98 Å². The molecule has 2 aromatic rings. The number of aromatic nitrogens is 3. The van der Waals surface area contributed by atoms with Gasteiger partial charge in [-0.05, 0) is 6.92 Å². The van der Waals surface area contributed by atoms with Gasteiger partial charge in [0.05, 0.1) is 11.3 Å². The maximum Gasteiger partial charge on any atom is 0.429 e. The van der Waals surface area contributed by atoms with Gasteiger partial charge in [0.1, 0.15) is 0 Å². The van der Waals surface area contributed by atoms with Crippen molar-refractivity contribution in [3.05, 3.63) is 29.5 Å². The molecule has 3 N–H and O–H groups in total. The SMILES string of the molecule is Cc1noc(N)c1C(O)(c1nccn1C)C(F)(F)F. The number of nitrogens with zero attached hydrogens (tertiary/aromatic N) is 3. The van der Waals surface area contributed by atoms with Crippen molar-refractivity contribution in [3.63, 3.8) is 0 Å². The predicted octanol–water partition coefficient (Wildman–Crippen LogP) is 1.10. The van der Waals surface area contributed by atoms with E-state index in [0.29, 0.717) is 0 Å². The zero-order chi connectivity index (χ0) is 14.4. The van der Waals surface area contributed by atoms with Gasteiger partial charge in [-0.2, -0.15) is 13.2 Å². The first-order valence-electron chi connectivity index (χ1n) is 5.18. The fourth-order valence-corrected chi connectivity index (χ4v) is 1.92. The van der Waals surface area contributed by atoms with Crippen molar-refractivity contribution in [2.24, 2.45) is 7.05 Å². The van der Waals surface area contributed by atoms with E-state index in [4.69, 9.17) is 5.73 Å². The van der Waals surface area contributed by atoms with Crippen LogP contribution in [0.3, 0.4) is 0 Å². The molecule has 2 heterocycles. The highest BCUT2D eigenvalue weighted by Gasteiger charge is 2.61. The van der Waals surface area contributed by atoms with Crippen LogP contribution in [0.25, 0.3) is 0 Å². The van der Waals surface area contributed by atoms with Crippen LogP contribution in [0.2, 0.25) is 0 Å². The van der Waals surface area contributed by atoms with Crippen molar-refractivity contribution in [3.8, 4) is 0 Å². The zero-order valence-electron chi connectivity index (χ0n) is 10.1. The number of aryl methyl sites for hydroxylation is 2. The molecule has 0 fully saturated rings. The summed E-state index contributed by atoms with van der Waals surface area (Å²) < 4.78 is 45.6. The number of alkyl halides is 3. The molecule has 0 aliphatic carbocycles. The molecule has 0 amide bonds. The van der Waals surface area contributed by atoms with Gasteiger partial charge in [0.25, 0.3) is 5.60 Å². The van der Waals surface area contributed by atoms with E-state index in [2.05, 4.69) is 14.7 Å². The molecule has 104 valence electrons. The molecule has 0 aliphatic heterocycles. The Labute approximate surface area is 105 Å². The lowest BCUT2D eigenvalue weighted by Gasteiger charge is -2.29. The number of nitrogens with two attached hydrogens (primary N) is 1. The van der Waals surface area contributed by atoms with E-state index in [1.54, 1.807) is 0 Å². The van der Waals surface area contributed by atoms with Crippen molar-refractivity contribution < 1.29 is 22.8 Å². The molecule has 2 rings (SSSR count). The highest BCUT2D eigenvalue weighted by Crippen LogP contribution is 2.46. The third kappa shape index (κ3) is 1.77. The van der Waals surface area contributed by atoms with E-state index in [1.165, 1.54) is 20.2 Å². The quantitative estimate of drug-likeness (QED) is 0.857. The van der Waals surface area contributed by atoms with Gasteiger partial charge in [0.15, 0.2) is 5.82 Å². The molecule has 0 aliphatic rings. The summed E-state index contributed by atoms with van der Waals surface area (Å²) >= 11 is 0. The van der Waals surface area contributed by atoms with Crippen molar-refractivity contribution in [1.82, 2.24) is 14.7 Å². The first-order valence-corrected chi connectivity index (χ1v) is 5.18. The van der Waals surface area contributed by atoms with Gasteiger partial charge >= 0.3 is 6.18 Å². The number of nitrogen functional groups attached to an aromatic ring is 1. The first kappa shape index (κ1) is 13.4. The number of aliphatic hydroxyl groups is 1. The summed E-state index contributed by atoms with van der Waals surface area (Å²) in [6.45, 7) is 1.26. The van der Waals surface area contributed by atoms with Crippen LogP contribution < -0.4 is 5.73 Å². The number of imidazole rings is 1. The second-order valence-electron chi connectivity index (χ2n) is 4.08. The minimum Gasteiger partial charge on any atom is -0.370 e. The van der Waals surface area contributed by atoms with E-state index >= 15 is 0 Å². The summed E-state index contributed by atoms with van der Waals surface area (Å²) in [5.74, 6) is -1.21. The minimum absolute atomic E-state index is 0.152. The molecule has 9 heteroatoms. The monoisotopic (exact) mass is 276 g/mol. The smallest absolute Gasteiger partial charge is 0.370 e. The van der Waals surface area contributed by atoms with Crippen molar-refractivity contribution >= 4 is 5.88 Å². The number of rotatable bonds is 2. The fourth-order valence-electron chi connectivity index (χ4n) is 1.92. The van der Waals surface area contributed by atoms with Crippen molar-refractivity contribution in [2.75, 3.05) is 5.73 Å². The fraction of sp³-hybridized carbons (Fsp3) is 0.400. The van der Waals surface area contributed by atoms with E-state index in [0.717, 1.165) is 10.8 Å². The molecule has 0 spiro atoms. The van der Waals surface area contributed by atoms with Crippen molar-refractivity contribution in [2.45, 2.75) is 18.7 Å². The van der Waals surface area contributed by atoms with Gasteiger partial charge in [0, 0.05) is 19.4 Å². The van der Waals surface area contributed by atoms with Crippen LogP contribution in [-0.2, 0) is 12.6 Å². The molecule has 0 bridgehead atoms. The molecular weight excluding hydrogens is 265 g/mol. The Hall–Kier alpha value is -2.03. The van der Waals surface area contributed by atoms with Gasteiger partial charge in [0.2, 0.25) is 5.88 Å². The van der Waals surface area contributed by atoms with E-state index in [9.17, 15) is 18.3 Å². The molecule has 0 saturated heterocycles. The highest BCUT2D eigenvalue weighted by molar-refractivity contribution is 5.47. The van der Waals surface area contributed by atoms with Gasteiger partial charge in [-0.15, -0.1) is 0 Å². The molecular formula is C10H11F3N4O2. The molecule has 1 atom stereocenters. The third-order valence-corrected chi connectivity index (χ3v) is 2.81. The average molecular weight is 276 g/mol. The van der Waals surface area contributed by atoms with Gasteiger partial charge < -0.3 is 19.9 Å². The number of hydrogen-bond donors (Lipinski definition) is 2. The van der Waals surface area contributed by atoms with Crippen molar-refractivity contribution in [1.29, 1.82) is 0 Å². The van der Waals surface area contributed by atoms with Crippen LogP contribution in [0.15, 0.2) is 16.9 Å². The summed E-state index contributed by atoms with van der Waals surface area (Å²) in [7, 11) is 1.33. The van der Waals surface area contributed by atoms with Crippen LogP contribution in [0.5, 0.6) is 0 Å². The van der Waals surface area contributed by atoms with Crippen LogP contribution >= 0.6 is 0 Å². The molecule has 6 nitrogen and oxygen atoms in total.